The molecular weight excluding hydrogens is 358 g/mol. The normalized spacial score (nSPS) is 11.8. The number of aliphatic carboxylic acids is 1. The second-order valence-electron chi connectivity index (χ2n) is 5.74. The van der Waals surface area contributed by atoms with Crippen molar-refractivity contribution in [2.75, 3.05) is 11.9 Å². The largest absolute Gasteiger partial charge is 0.480 e. The average molecular weight is 378 g/mol. The first-order valence-electron chi connectivity index (χ1n) is 8.29. The number of alkyl halides is 2. The van der Waals surface area contributed by atoms with Crippen LogP contribution in [0.25, 0.3) is 0 Å². The van der Waals surface area contributed by atoms with Gasteiger partial charge in [0.1, 0.15) is 11.8 Å². The summed E-state index contributed by atoms with van der Waals surface area (Å²) in [5, 5.41) is 14.7. The van der Waals surface area contributed by atoms with Gasteiger partial charge in [0.05, 0.1) is 6.42 Å². The lowest BCUT2D eigenvalue weighted by Crippen LogP contribution is -2.40. The van der Waals surface area contributed by atoms with Gasteiger partial charge in [-0.25, -0.2) is 0 Å². The van der Waals surface area contributed by atoms with Crippen LogP contribution >= 0.6 is 0 Å². The summed E-state index contributed by atoms with van der Waals surface area (Å²) in [5.41, 5.74) is 1.42. The fourth-order valence-electron chi connectivity index (χ4n) is 2.40. The molecule has 8 heteroatoms. The Hall–Kier alpha value is -3.00. The number of amides is 1. The van der Waals surface area contributed by atoms with Gasteiger partial charge in [-0.05, 0) is 42.8 Å². The monoisotopic (exact) mass is 378 g/mol. The van der Waals surface area contributed by atoms with Crippen molar-refractivity contribution in [3.05, 3.63) is 60.2 Å². The summed E-state index contributed by atoms with van der Waals surface area (Å²) in [6.45, 7) is -2.52. The lowest BCUT2D eigenvalue weighted by atomic mass is 10.1. The van der Waals surface area contributed by atoms with Crippen LogP contribution in [-0.2, 0) is 16.0 Å². The number of ether oxygens (including phenoxy) is 1. The third-order valence-corrected chi connectivity index (χ3v) is 3.70. The van der Waals surface area contributed by atoms with Crippen LogP contribution in [0.15, 0.2) is 54.6 Å². The zero-order valence-electron chi connectivity index (χ0n) is 14.4. The van der Waals surface area contributed by atoms with Crippen molar-refractivity contribution < 1.29 is 28.2 Å². The first-order chi connectivity index (χ1) is 12.9. The van der Waals surface area contributed by atoms with Gasteiger partial charge in [-0.3, -0.25) is 9.59 Å². The van der Waals surface area contributed by atoms with Crippen molar-refractivity contribution >= 4 is 17.6 Å². The van der Waals surface area contributed by atoms with E-state index in [1.165, 1.54) is 24.3 Å². The van der Waals surface area contributed by atoms with Gasteiger partial charge in [-0.1, -0.05) is 30.3 Å². The summed E-state index contributed by atoms with van der Waals surface area (Å²) in [5.74, 6) is -1.66. The van der Waals surface area contributed by atoms with Crippen LogP contribution < -0.4 is 15.4 Å². The predicted octanol–water partition coefficient (Wildman–Crippen LogP) is 2.90. The van der Waals surface area contributed by atoms with Crippen molar-refractivity contribution in [1.29, 1.82) is 0 Å². The molecule has 0 aliphatic heterocycles. The number of benzene rings is 2. The molecule has 0 bridgehead atoms. The van der Waals surface area contributed by atoms with E-state index in [4.69, 9.17) is 0 Å². The van der Waals surface area contributed by atoms with E-state index in [0.29, 0.717) is 18.7 Å². The minimum atomic E-state index is -2.93. The van der Waals surface area contributed by atoms with Crippen LogP contribution in [0.2, 0.25) is 0 Å². The van der Waals surface area contributed by atoms with E-state index in [1.807, 2.05) is 30.3 Å². The Kier molecular flexibility index (Phi) is 7.69. The van der Waals surface area contributed by atoms with Gasteiger partial charge in [0.25, 0.3) is 0 Å². The summed E-state index contributed by atoms with van der Waals surface area (Å²) >= 11 is 0. The Morgan fingerprint density at radius 2 is 1.70 bits per heavy atom. The van der Waals surface area contributed by atoms with Gasteiger partial charge >= 0.3 is 12.6 Å². The zero-order chi connectivity index (χ0) is 19.6. The van der Waals surface area contributed by atoms with Crippen LogP contribution in [-0.4, -0.2) is 36.2 Å². The Labute approximate surface area is 155 Å². The molecule has 1 unspecified atom stereocenters. The molecule has 0 spiro atoms. The first kappa shape index (κ1) is 20.3. The van der Waals surface area contributed by atoms with Crippen LogP contribution in [0, 0.1) is 0 Å². The van der Waals surface area contributed by atoms with E-state index in [-0.39, 0.29) is 12.2 Å². The standard InChI is InChI=1S/C19H20F2N2O4/c20-19(21)27-15-8-6-14(7-9-15)23-17(24)12-16(18(25)26)22-11-10-13-4-2-1-3-5-13/h1-9,16,19,22H,10-12H2,(H,23,24)(H,25,26). The van der Waals surface area contributed by atoms with Crippen molar-refractivity contribution in [3.63, 3.8) is 0 Å². The molecule has 1 amide bonds. The quantitative estimate of drug-likeness (QED) is 0.592. The number of hydrogen-bond acceptors (Lipinski definition) is 4. The maximum atomic E-state index is 12.1. The highest BCUT2D eigenvalue weighted by Crippen LogP contribution is 2.18. The lowest BCUT2D eigenvalue weighted by Gasteiger charge is -2.14. The topological polar surface area (TPSA) is 87.7 Å². The average Bonchev–Trinajstić information content (AvgIpc) is 2.63. The van der Waals surface area contributed by atoms with Crippen molar-refractivity contribution in [3.8, 4) is 5.75 Å². The number of carboxylic acids is 1. The summed E-state index contributed by atoms with van der Waals surface area (Å²) in [4.78, 5) is 23.4. The maximum Gasteiger partial charge on any atom is 0.387 e. The molecular formula is C19H20F2N2O4. The molecule has 6 nitrogen and oxygen atoms in total. The number of carboxylic acid groups (broad SMARTS) is 1. The number of rotatable bonds is 10. The van der Waals surface area contributed by atoms with Gasteiger partial charge in [-0.2, -0.15) is 8.78 Å². The Balaban J connectivity index is 1.82. The lowest BCUT2D eigenvalue weighted by molar-refractivity contribution is -0.141. The number of halogens is 2. The van der Waals surface area contributed by atoms with Crippen molar-refractivity contribution in [1.82, 2.24) is 5.32 Å². The van der Waals surface area contributed by atoms with Gasteiger partial charge in [-0.15, -0.1) is 0 Å². The molecule has 0 heterocycles. The zero-order valence-corrected chi connectivity index (χ0v) is 14.4. The van der Waals surface area contributed by atoms with E-state index in [0.717, 1.165) is 5.56 Å². The number of carbonyl (C=O) groups excluding carboxylic acids is 1. The molecule has 27 heavy (non-hydrogen) atoms. The minimum absolute atomic E-state index is 0.0333. The smallest absolute Gasteiger partial charge is 0.387 e. The summed E-state index contributed by atoms with van der Waals surface area (Å²) in [6, 6.07) is 13.9. The van der Waals surface area contributed by atoms with Crippen molar-refractivity contribution in [2.45, 2.75) is 25.5 Å². The minimum Gasteiger partial charge on any atom is -0.480 e. The third-order valence-electron chi connectivity index (χ3n) is 3.70. The molecule has 2 aromatic rings. The van der Waals surface area contributed by atoms with Crippen LogP contribution in [0.5, 0.6) is 5.75 Å². The summed E-state index contributed by atoms with van der Waals surface area (Å²) < 4.78 is 28.4. The Bertz CT molecular complexity index is 739. The molecule has 2 rings (SSSR count). The second-order valence-corrected chi connectivity index (χ2v) is 5.74. The first-order valence-corrected chi connectivity index (χ1v) is 8.29. The summed E-state index contributed by atoms with van der Waals surface area (Å²) in [7, 11) is 0. The van der Waals surface area contributed by atoms with Gasteiger partial charge in [0, 0.05) is 5.69 Å². The molecule has 144 valence electrons. The number of anilines is 1. The van der Waals surface area contributed by atoms with Gasteiger partial charge < -0.3 is 20.5 Å². The van der Waals surface area contributed by atoms with Crippen LogP contribution in [0.3, 0.4) is 0 Å². The van der Waals surface area contributed by atoms with E-state index >= 15 is 0 Å². The molecule has 0 saturated heterocycles. The molecule has 1 atom stereocenters. The molecule has 2 aromatic carbocycles. The van der Waals surface area contributed by atoms with Gasteiger partial charge in [0.15, 0.2) is 0 Å². The van der Waals surface area contributed by atoms with E-state index in [2.05, 4.69) is 15.4 Å². The molecule has 0 aliphatic carbocycles. The second kappa shape index (κ2) is 10.2. The third kappa shape index (κ3) is 7.41. The Morgan fingerprint density at radius 3 is 2.30 bits per heavy atom. The van der Waals surface area contributed by atoms with E-state index in [9.17, 15) is 23.5 Å². The van der Waals surface area contributed by atoms with Crippen LogP contribution in [0.1, 0.15) is 12.0 Å². The SMILES string of the molecule is O=C(CC(NCCc1ccccc1)C(=O)O)Nc1ccc(OC(F)F)cc1. The fourth-order valence-corrected chi connectivity index (χ4v) is 2.40. The highest BCUT2D eigenvalue weighted by molar-refractivity contribution is 5.94. The van der Waals surface area contributed by atoms with Gasteiger partial charge in [0.2, 0.25) is 5.91 Å². The highest BCUT2D eigenvalue weighted by Gasteiger charge is 2.20. The van der Waals surface area contributed by atoms with E-state index in [1.54, 1.807) is 0 Å². The molecule has 0 saturated carbocycles. The molecule has 0 aromatic heterocycles. The number of hydrogen-bond donors (Lipinski definition) is 3. The number of carbonyl (C=O) groups is 2. The number of nitrogens with one attached hydrogen (secondary N) is 2. The molecule has 0 radical (unpaired) electrons. The Morgan fingerprint density at radius 1 is 1.04 bits per heavy atom. The highest BCUT2D eigenvalue weighted by atomic mass is 19.3. The summed E-state index contributed by atoms with van der Waals surface area (Å²) in [6.07, 6.45) is 0.372. The molecule has 0 fully saturated rings. The molecule has 3 N–H and O–H groups in total. The molecule has 0 aliphatic rings. The van der Waals surface area contributed by atoms with E-state index < -0.39 is 24.5 Å². The van der Waals surface area contributed by atoms with Crippen molar-refractivity contribution in [2.24, 2.45) is 0 Å². The predicted molar refractivity (Wildman–Crippen MR) is 95.9 cm³/mol. The maximum absolute atomic E-state index is 12.1. The van der Waals surface area contributed by atoms with Crippen LogP contribution in [0.4, 0.5) is 14.5 Å². The fraction of sp³-hybridized carbons (Fsp3) is 0.263.